The Hall–Kier alpha value is -2.47. The van der Waals surface area contributed by atoms with E-state index >= 15 is 0 Å². The Bertz CT molecular complexity index is 897. The fourth-order valence-corrected chi connectivity index (χ4v) is 3.58. The Morgan fingerprint density at radius 3 is 2.73 bits per heavy atom. The number of aromatic amines is 1. The smallest absolute Gasteiger partial charge is 0.259 e. The third kappa shape index (κ3) is 2.53. The van der Waals surface area contributed by atoms with Crippen molar-refractivity contribution in [2.24, 2.45) is 0 Å². The molecule has 0 bridgehead atoms. The van der Waals surface area contributed by atoms with Gasteiger partial charge in [-0.3, -0.25) is 9.59 Å². The van der Waals surface area contributed by atoms with Crippen LogP contribution in [0.1, 0.15) is 11.4 Å². The van der Waals surface area contributed by atoms with Gasteiger partial charge in [0.1, 0.15) is 10.7 Å². The minimum absolute atomic E-state index is 0.0687. The van der Waals surface area contributed by atoms with Gasteiger partial charge in [-0.25, -0.2) is 4.98 Å². The molecule has 0 aliphatic rings. The fourth-order valence-electron chi connectivity index (χ4n) is 2.38. The Balaban J connectivity index is 2.16. The van der Waals surface area contributed by atoms with Crippen LogP contribution < -0.4 is 10.9 Å². The number of fused-ring (bicyclic) bond motifs is 1. The Morgan fingerprint density at radius 2 is 2.05 bits per heavy atom. The topological polar surface area (TPSA) is 74.8 Å². The zero-order valence-electron chi connectivity index (χ0n) is 12.3. The first-order valence-corrected chi connectivity index (χ1v) is 7.70. The molecule has 22 heavy (non-hydrogen) atoms. The average Bonchev–Trinajstić information content (AvgIpc) is 2.85. The first-order chi connectivity index (χ1) is 10.6. The van der Waals surface area contributed by atoms with Gasteiger partial charge in [0, 0.05) is 11.9 Å². The van der Waals surface area contributed by atoms with E-state index < -0.39 is 0 Å². The van der Waals surface area contributed by atoms with Gasteiger partial charge in [-0.1, -0.05) is 30.3 Å². The van der Waals surface area contributed by atoms with Gasteiger partial charge in [-0.2, -0.15) is 0 Å². The van der Waals surface area contributed by atoms with Gasteiger partial charge in [0.05, 0.1) is 11.8 Å². The summed E-state index contributed by atoms with van der Waals surface area (Å²) in [5.41, 5.74) is 1.79. The molecule has 112 valence electrons. The summed E-state index contributed by atoms with van der Waals surface area (Å²) in [7, 11) is 1.56. The first-order valence-electron chi connectivity index (χ1n) is 6.88. The van der Waals surface area contributed by atoms with Crippen LogP contribution in [0.25, 0.3) is 20.7 Å². The summed E-state index contributed by atoms with van der Waals surface area (Å²) in [5.74, 6) is 0.205. The molecule has 5 nitrogen and oxygen atoms in total. The number of carbonyl (C=O) groups excluding carboxylic acids is 1. The van der Waals surface area contributed by atoms with Gasteiger partial charge in [0.2, 0.25) is 5.91 Å². The number of hydrogen-bond acceptors (Lipinski definition) is 4. The number of thiophene rings is 1. The number of nitrogens with one attached hydrogen (secondary N) is 2. The lowest BCUT2D eigenvalue weighted by atomic mass is 10.1. The molecule has 3 rings (SSSR count). The van der Waals surface area contributed by atoms with Crippen molar-refractivity contribution in [3.8, 4) is 10.4 Å². The van der Waals surface area contributed by atoms with Crippen LogP contribution in [0.4, 0.5) is 0 Å². The SMILES string of the molecule is CNC(=O)Cc1nc2sc(-c3ccccc3)c(C)c2c(=O)[nH]1. The van der Waals surface area contributed by atoms with Gasteiger partial charge in [-0.15, -0.1) is 11.3 Å². The molecule has 6 heteroatoms. The molecule has 0 unspecified atom stereocenters. The average molecular weight is 313 g/mol. The van der Waals surface area contributed by atoms with E-state index in [2.05, 4.69) is 15.3 Å². The maximum absolute atomic E-state index is 12.3. The lowest BCUT2D eigenvalue weighted by Crippen LogP contribution is -2.23. The lowest BCUT2D eigenvalue weighted by molar-refractivity contribution is -0.120. The molecule has 2 aromatic heterocycles. The zero-order chi connectivity index (χ0) is 15.7. The van der Waals surface area contributed by atoms with Crippen molar-refractivity contribution in [3.05, 3.63) is 52.1 Å². The monoisotopic (exact) mass is 313 g/mol. The van der Waals surface area contributed by atoms with Gasteiger partial charge >= 0.3 is 0 Å². The summed E-state index contributed by atoms with van der Waals surface area (Å²) in [6, 6.07) is 9.91. The Kier molecular flexibility index (Phi) is 3.77. The second-order valence-electron chi connectivity index (χ2n) is 4.96. The number of likely N-dealkylation sites (N-methyl/N-ethyl adjacent to an activating group) is 1. The quantitative estimate of drug-likeness (QED) is 0.779. The molecular formula is C16H15N3O2S. The number of amides is 1. The lowest BCUT2D eigenvalue weighted by Gasteiger charge is -2.00. The van der Waals surface area contributed by atoms with Crippen LogP contribution in [0, 0.1) is 6.92 Å². The highest BCUT2D eigenvalue weighted by atomic mass is 32.1. The minimum atomic E-state index is -0.195. The summed E-state index contributed by atoms with van der Waals surface area (Å²) in [6.07, 6.45) is 0.0687. The second kappa shape index (κ2) is 5.73. The highest BCUT2D eigenvalue weighted by Gasteiger charge is 2.16. The summed E-state index contributed by atoms with van der Waals surface area (Å²) in [4.78, 5) is 32.6. The number of carbonyl (C=O) groups is 1. The van der Waals surface area contributed by atoms with Gasteiger partial charge < -0.3 is 10.3 Å². The van der Waals surface area contributed by atoms with E-state index in [0.717, 1.165) is 16.0 Å². The molecule has 0 aliphatic heterocycles. The van der Waals surface area contributed by atoms with Crippen LogP contribution in [0.3, 0.4) is 0 Å². The largest absolute Gasteiger partial charge is 0.359 e. The number of nitrogens with zero attached hydrogens (tertiary/aromatic N) is 1. The number of aryl methyl sites for hydroxylation is 1. The van der Waals surface area contributed by atoms with Gasteiger partial charge in [0.15, 0.2) is 0 Å². The van der Waals surface area contributed by atoms with Crippen LogP contribution in [-0.2, 0) is 11.2 Å². The molecule has 1 amide bonds. The van der Waals surface area contributed by atoms with Crippen molar-refractivity contribution in [1.82, 2.24) is 15.3 Å². The molecule has 3 aromatic rings. The van der Waals surface area contributed by atoms with Crippen LogP contribution in [-0.4, -0.2) is 22.9 Å². The van der Waals surface area contributed by atoms with Gasteiger partial charge in [-0.05, 0) is 18.1 Å². The molecule has 1 aromatic carbocycles. The molecule has 0 fully saturated rings. The van der Waals surface area contributed by atoms with E-state index in [9.17, 15) is 9.59 Å². The standard InChI is InChI=1S/C16H15N3O2S/c1-9-13-15(21)18-11(8-12(20)17-2)19-16(13)22-14(9)10-6-4-3-5-7-10/h3-7H,8H2,1-2H3,(H,17,20)(H,18,19,21). The predicted molar refractivity (Wildman–Crippen MR) is 88.2 cm³/mol. The molecule has 0 atom stereocenters. The first kappa shape index (κ1) is 14.5. The highest BCUT2D eigenvalue weighted by Crippen LogP contribution is 2.35. The normalized spacial score (nSPS) is 10.8. The van der Waals surface area contributed by atoms with E-state index in [1.807, 2.05) is 37.3 Å². The third-order valence-corrected chi connectivity index (χ3v) is 4.73. The van der Waals surface area contributed by atoms with E-state index in [4.69, 9.17) is 0 Å². The summed E-state index contributed by atoms with van der Waals surface area (Å²) >= 11 is 1.48. The number of rotatable bonds is 3. The van der Waals surface area contributed by atoms with Crippen molar-refractivity contribution in [2.75, 3.05) is 7.05 Å². The molecule has 0 aliphatic carbocycles. The molecule has 2 N–H and O–H groups in total. The van der Waals surface area contributed by atoms with Crippen LogP contribution in [0.15, 0.2) is 35.1 Å². The molecule has 2 heterocycles. The molecule has 0 saturated carbocycles. The minimum Gasteiger partial charge on any atom is -0.359 e. The van der Waals surface area contributed by atoms with Crippen LogP contribution >= 0.6 is 11.3 Å². The van der Waals surface area contributed by atoms with Crippen molar-refractivity contribution in [2.45, 2.75) is 13.3 Å². The maximum Gasteiger partial charge on any atom is 0.259 e. The number of aromatic nitrogens is 2. The van der Waals surface area contributed by atoms with Gasteiger partial charge in [0.25, 0.3) is 5.56 Å². The third-order valence-electron chi connectivity index (χ3n) is 3.49. The molecule has 0 radical (unpaired) electrons. The predicted octanol–water partition coefficient (Wildman–Crippen LogP) is 2.25. The molecular weight excluding hydrogens is 298 g/mol. The second-order valence-corrected chi connectivity index (χ2v) is 5.96. The zero-order valence-corrected chi connectivity index (χ0v) is 13.1. The fraction of sp³-hybridized carbons (Fsp3) is 0.188. The number of benzene rings is 1. The van der Waals surface area contributed by atoms with E-state index in [-0.39, 0.29) is 17.9 Å². The number of hydrogen-bond donors (Lipinski definition) is 2. The van der Waals surface area contributed by atoms with Crippen molar-refractivity contribution in [1.29, 1.82) is 0 Å². The van der Waals surface area contributed by atoms with Crippen molar-refractivity contribution >= 4 is 27.5 Å². The van der Waals surface area contributed by atoms with Crippen LogP contribution in [0.2, 0.25) is 0 Å². The van der Waals surface area contributed by atoms with E-state index in [0.29, 0.717) is 16.0 Å². The Morgan fingerprint density at radius 1 is 1.32 bits per heavy atom. The Labute approximate surface area is 131 Å². The van der Waals surface area contributed by atoms with Crippen molar-refractivity contribution in [3.63, 3.8) is 0 Å². The molecule has 0 saturated heterocycles. The van der Waals surface area contributed by atoms with Crippen molar-refractivity contribution < 1.29 is 4.79 Å². The summed E-state index contributed by atoms with van der Waals surface area (Å²) < 4.78 is 0. The summed E-state index contributed by atoms with van der Waals surface area (Å²) in [6.45, 7) is 1.93. The van der Waals surface area contributed by atoms with Crippen LogP contribution in [0.5, 0.6) is 0 Å². The number of H-pyrrole nitrogens is 1. The highest BCUT2D eigenvalue weighted by molar-refractivity contribution is 7.22. The van der Waals surface area contributed by atoms with E-state index in [1.165, 1.54) is 11.3 Å². The maximum atomic E-state index is 12.3. The summed E-state index contributed by atoms with van der Waals surface area (Å²) in [5, 5.41) is 3.13. The van der Waals surface area contributed by atoms with E-state index in [1.54, 1.807) is 7.05 Å². The molecule has 0 spiro atoms.